The summed E-state index contributed by atoms with van der Waals surface area (Å²) in [5.41, 5.74) is 0.887. The van der Waals surface area contributed by atoms with E-state index in [1.807, 2.05) is 6.92 Å². The Labute approximate surface area is 137 Å². The van der Waals surface area contributed by atoms with Gasteiger partial charge in [0.1, 0.15) is 5.75 Å². The molecule has 1 aromatic carbocycles. The summed E-state index contributed by atoms with van der Waals surface area (Å²) >= 11 is 0. The first-order chi connectivity index (χ1) is 11.0. The number of amides is 1. The minimum Gasteiger partial charge on any atom is -0.493 e. The Hall–Kier alpha value is -1.56. The molecule has 6 heteroatoms. The van der Waals surface area contributed by atoms with Crippen molar-refractivity contribution in [3.05, 3.63) is 23.8 Å². The van der Waals surface area contributed by atoms with Crippen LogP contribution >= 0.6 is 0 Å². The van der Waals surface area contributed by atoms with Crippen LogP contribution in [0, 0.1) is 11.8 Å². The third-order valence-corrected chi connectivity index (χ3v) is 6.22. The lowest BCUT2D eigenvalue weighted by molar-refractivity contribution is -0.125. The van der Waals surface area contributed by atoms with Crippen LogP contribution in [0.5, 0.6) is 5.75 Å². The number of rotatable bonds is 3. The first-order valence-corrected chi connectivity index (χ1v) is 9.78. The zero-order chi connectivity index (χ0) is 16.4. The molecule has 0 bridgehead atoms. The summed E-state index contributed by atoms with van der Waals surface area (Å²) in [6.45, 7) is 2.68. The number of hydrogen-bond donors (Lipinski definition) is 1. The van der Waals surface area contributed by atoms with Crippen molar-refractivity contribution in [1.82, 2.24) is 4.72 Å². The molecule has 1 aliphatic carbocycles. The molecule has 3 rings (SSSR count). The number of carbonyl (C=O) groups excluding carboxylic acids is 1. The smallest absolute Gasteiger partial charge is 0.264 e. The van der Waals surface area contributed by atoms with Gasteiger partial charge in [-0.05, 0) is 55.4 Å². The fraction of sp³-hybridized carbons (Fsp3) is 0.588. The lowest BCUT2D eigenvalue weighted by Gasteiger charge is -2.27. The molecular weight excluding hydrogens is 314 g/mol. The summed E-state index contributed by atoms with van der Waals surface area (Å²) in [6, 6.07) is 4.80. The number of aryl methyl sites for hydroxylation is 1. The van der Waals surface area contributed by atoms with Crippen LogP contribution in [0.2, 0.25) is 0 Å². The minimum atomic E-state index is -3.82. The second-order valence-electron chi connectivity index (χ2n) is 6.56. The molecule has 0 spiro atoms. The third kappa shape index (κ3) is 3.52. The van der Waals surface area contributed by atoms with Crippen LogP contribution in [0.4, 0.5) is 0 Å². The van der Waals surface area contributed by atoms with Gasteiger partial charge >= 0.3 is 0 Å². The largest absolute Gasteiger partial charge is 0.493 e. The Kier molecular flexibility index (Phi) is 4.62. The van der Waals surface area contributed by atoms with Crippen molar-refractivity contribution in [3.63, 3.8) is 0 Å². The van der Waals surface area contributed by atoms with E-state index in [2.05, 4.69) is 4.72 Å². The first kappa shape index (κ1) is 16.3. The average molecular weight is 337 g/mol. The van der Waals surface area contributed by atoms with Gasteiger partial charge in [0.15, 0.2) is 0 Å². The highest BCUT2D eigenvalue weighted by Gasteiger charge is 2.31. The van der Waals surface area contributed by atoms with Gasteiger partial charge in [-0.1, -0.05) is 19.8 Å². The quantitative estimate of drug-likeness (QED) is 0.920. The zero-order valence-electron chi connectivity index (χ0n) is 13.4. The fourth-order valence-electron chi connectivity index (χ4n) is 3.48. The highest BCUT2D eigenvalue weighted by atomic mass is 32.2. The predicted octanol–water partition coefficient (Wildman–Crippen LogP) is 2.64. The van der Waals surface area contributed by atoms with Gasteiger partial charge in [-0.15, -0.1) is 0 Å². The van der Waals surface area contributed by atoms with Crippen molar-refractivity contribution in [1.29, 1.82) is 0 Å². The third-order valence-electron chi connectivity index (χ3n) is 4.87. The van der Waals surface area contributed by atoms with Crippen LogP contribution in [-0.4, -0.2) is 20.9 Å². The van der Waals surface area contributed by atoms with Gasteiger partial charge in [0, 0.05) is 5.92 Å². The van der Waals surface area contributed by atoms with E-state index < -0.39 is 10.0 Å². The van der Waals surface area contributed by atoms with Crippen molar-refractivity contribution in [3.8, 4) is 5.75 Å². The number of hydrogen-bond acceptors (Lipinski definition) is 4. The van der Waals surface area contributed by atoms with E-state index in [0.29, 0.717) is 6.61 Å². The molecule has 0 radical (unpaired) electrons. The molecule has 5 nitrogen and oxygen atoms in total. The maximum atomic E-state index is 12.5. The van der Waals surface area contributed by atoms with Crippen LogP contribution in [0.25, 0.3) is 0 Å². The van der Waals surface area contributed by atoms with Gasteiger partial charge in [-0.3, -0.25) is 4.79 Å². The standard InChI is InChI=1S/C17H23NO4S/c1-12-5-2-3-7-15(12)17(19)18-23(20,21)14-8-9-16-13(11-14)6-4-10-22-16/h8-9,11-12,15H,2-7,10H2,1H3,(H,18,19). The van der Waals surface area contributed by atoms with Crippen molar-refractivity contribution >= 4 is 15.9 Å². The minimum absolute atomic E-state index is 0.138. The molecule has 2 atom stereocenters. The van der Waals surface area contributed by atoms with Crippen LogP contribution in [0.1, 0.15) is 44.6 Å². The van der Waals surface area contributed by atoms with E-state index in [0.717, 1.165) is 49.8 Å². The maximum absolute atomic E-state index is 12.5. The highest BCUT2D eigenvalue weighted by molar-refractivity contribution is 7.90. The van der Waals surface area contributed by atoms with E-state index in [4.69, 9.17) is 4.74 Å². The number of carbonyl (C=O) groups is 1. The molecule has 1 aromatic rings. The summed E-state index contributed by atoms with van der Waals surface area (Å²) < 4.78 is 32.8. The molecule has 1 saturated carbocycles. The van der Waals surface area contributed by atoms with Gasteiger partial charge in [-0.25, -0.2) is 13.1 Å². The Morgan fingerprint density at radius 3 is 2.78 bits per heavy atom. The molecule has 1 amide bonds. The number of sulfonamides is 1. The van der Waals surface area contributed by atoms with E-state index in [9.17, 15) is 13.2 Å². The summed E-state index contributed by atoms with van der Waals surface area (Å²) in [5.74, 6) is 0.393. The Morgan fingerprint density at radius 2 is 2.00 bits per heavy atom. The number of benzene rings is 1. The second kappa shape index (κ2) is 6.51. The molecular formula is C17H23NO4S. The van der Waals surface area contributed by atoms with Crippen molar-refractivity contribution < 1.29 is 17.9 Å². The summed E-state index contributed by atoms with van der Waals surface area (Å²) in [4.78, 5) is 12.5. The summed E-state index contributed by atoms with van der Waals surface area (Å²) in [5, 5.41) is 0. The zero-order valence-corrected chi connectivity index (χ0v) is 14.2. The fourth-order valence-corrected chi connectivity index (χ4v) is 4.56. The SMILES string of the molecule is CC1CCCCC1C(=O)NS(=O)(=O)c1ccc2c(c1)CCCO2. The van der Waals surface area contributed by atoms with Crippen LogP contribution < -0.4 is 9.46 Å². The second-order valence-corrected chi connectivity index (χ2v) is 8.24. The number of fused-ring (bicyclic) bond motifs is 1. The molecule has 1 fully saturated rings. The van der Waals surface area contributed by atoms with E-state index >= 15 is 0 Å². The molecule has 1 heterocycles. The van der Waals surface area contributed by atoms with E-state index in [-0.39, 0.29) is 22.6 Å². The normalized spacial score (nSPS) is 24.4. The molecule has 2 aliphatic rings. The number of ether oxygens (including phenoxy) is 1. The first-order valence-electron chi connectivity index (χ1n) is 8.30. The van der Waals surface area contributed by atoms with Crippen molar-refractivity contribution in [2.24, 2.45) is 11.8 Å². The van der Waals surface area contributed by atoms with Gasteiger partial charge in [0.2, 0.25) is 5.91 Å². The average Bonchev–Trinajstić information content (AvgIpc) is 2.54. The Balaban J connectivity index is 1.77. The number of nitrogens with one attached hydrogen (secondary N) is 1. The monoisotopic (exact) mass is 337 g/mol. The van der Waals surface area contributed by atoms with Crippen LogP contribution in [-0.2, 0) is 21.2 Å². The Bertz CT molecular complexity index is 699. The molecule has 0 saturated heterocycles. The van der Waals surface area contributed by atoms with Gasteiger partial charge in [0.25, 0.3) is 10.0 Å². The molecule has 1 aliphatic heterocycles. The van der Waals surface area contributed by atoms with Crippen LogP contribution in [0.3, 0.4) is 0 Å². The van der Waals surface area contributed by atoms with Crippen molar-refractivity contribution in [2.45, 2.75) is 50.3 Å². The molecule has 1 N–H and O–H groups in total. The lowest BCUT2D eigenvalue weighted by Crippen LogP contribution is -2.39. The summed E-state index contributed by atoms with van der Waals surface area (Å²) in [7, 11) is -3.82. The van der Waals surface area contributed by atoms with E-state index in [1.54, 1.807) is 12.1 Å². The van der Waals surface area contributed by atoms with Gasteiger partial charge < -0.3 is 4.74 Å². The summed E-state index contributed by atoms with van der Waals surface area (Å²) in [6.07, 6.45) is 5.52. The van der Waals surface area contributed by atoms with Crippen LogP contribution in [0.15, 0.2) is 23.1 Å². The van der Waals surface area contributed by atoms with Crippen molar-refractivity contribution in [2.75, 3.05) is 6.61 Å². The highest BCUT2D eigenvalue weighted by Crippen LogP contribution is 2.31. The van der Waals surface area contributed by atoms with E-state index in [1.165, 1.54) is 6.07 Å². The molecule has 2 unspecified atom stereocenters. The molecule has 23 heavy (non-hydrogen) atoms. The Morgan fingerprint density at radius 1 is 1.22 bits per heavy atom. The molecule has 126 valence electrons. The topological polar surface area (TPSA) is 72.5 Å². The maximum Gasteiger partial charge on any atom is 0.264 e. The molecule has 0 aromatic heterocycles. The lowest BCUT2D eigenvalue weighted by atomic mass is 9.80. The van der Waals surface area contributed by atoms with Gasteiger partial charge in [-0.2, -0.15) is 0 Å². The van der Waals surface area contributed by atoms with Gasteiger partial charge in [0.05, 0.1) is 11.5 Å². The predicted molar refractivity (Wildman–Crippen MR) is 86.7 cm³/mol.